The van der Waals surface area contributed by atoms with Crippen molar-refractivity contribution in [2.45, 2.75) is 44.3 Å². The van der Waals surface area contributed by atoms with Crippen molar-refractivity contribution in [3.8, 4) is 0 Å². The maximum Gasteiger partial charge on any atom is 0.319 e. The Morgan fingerprint density at radius 1 is 1.21 bits per heavy atom. The third kappa shape index (κ3) is 4.68. The van der Waals surface area contributed by atoms with Gasteiger partial charge < -0.3 is 15.4 Å². The Balaban J connectivity index is 2.07. The average molecular weight is 355 g/mol. The molecular weight excluding hydrogens is 330 g/mol. The number of urea groups is 1. The summed E-state index contributed by atoms with van der Waals surface area (Å²) in [5.41, 5.74) is 0.547. The predicted molar refractivity (Wildman–Crippen MR) is 92.5 cm³/mol. The quantitative estimate of drug-likeness (QED) is 0.846. The first-order chi connectivity index (χ1) is 11.3. The summed E-state index contributed by atoms with van der Waals surface area (Å²) in [5, 5.41) is 5.37. The summed E-state index contributed by atoms with van der Waals surface area (Å²) in [5.74, 6) is 0. The van der Waals surface area contributed by atoms with E-state index >= 15 is 0 Å². The van der Waals surface area contributed by atoms with Gasteiger partial charge >= 0.3 is 6.03 Å². The van der Waals surface area contributed by atoms with Crippen LogP contribution in [-0.4, -0.2) is 50.6 Å². The fourth-order valence-corrected chi connectivity index (χ4v) is 4.19. The van der Waals surface area contributed by atoms with E-state index in [1.165, 1.54) is 16.4 Å². The van der Waals surface area contributed by atoms with Gasteiger partial charge in [0.2, 0.25) is 10.0 Å². The molecule has 134 valence electrons. The van der Waals surface area contributed by atoms with Gasteiger partial charge in [-0.25, -0.2) is 13.2 Å². The van der Waals surface area contributed by atoms with Crippen LogP contribution in [0.4, 0.5) is 10.5 Å². The summed E-state index contributed by atoms with van der Waals surface area (Å²) in [6.45, 7) is 6.96. The summed E-state index contributed by atoms with van der Waals surface area (Å²) >= 11 is 0. The summed E-state index contributed by atoms with van der Waals surface area (Å²) in [6, 6.07) is 5.89. The number of rotatable bonds is 5. The number of ether oxygens (including phenoxy) is 1. The number of carbonyl (C=O) groups excluding carboxylic acids is 1. The molecule has 2 N–H and O–H groups in total. The molecule has 0 aliphatic carbocycles. The van der Waals surface area contributed by atoms with Crippen LogP contribution in [0.5, 0.6) is 0 Å². The second kappa shape index (κ2) is 7.96. The van der Waals surface area contributed by atoms with Gasteiger partial charge in [0.15, 0.2) is 0 Å². The molecule has 2 unspecified atom stereocenters. The molecule has 1 saturated heterocycles. The van der Waals surface area contributed by atoms with E-state index in [0.29, 0.717) is 25.3 Å². The fourth-order valence-electron chi connectivity index (χ4n) is 2.60. The monoisotopic (exact) mass is 355 g/mol. The molecule has 1 aliphatic heterocycles. The van der Waals surface area contributed by atoms with Crippen molar-refractivity contribution in [3.05, 3.63) is 24.3 Å². The molecule has 7 nitrogen and oxygen atoms in total. The highest BCUT2D eigenvalue weighted by atomic mass is 32.2. The van der Waals surface area contributed by atoms with Crippen LogP contribution >= 0.6 is 0 Å². The normalized spacial score (nSPS) is 22.1. The van der Waals surface area contributed by atoms with Crippen molar-refractivity contribution in [2.24, 2.45) is 0 Å². The van der Waals surface area contributed by atoms with Gasteiger partial charge in [-0.1, -0.05) is 6.92 Å². The van der Waals surface area contributed by atoms with E-state index in [-0.39, 0.29) is 23.1 Å². The van der Waals surface area contributed by atoms with Gasteiger partial charge in [0.1, 0.15) is 0 Å². The first kappa shape index (κ1) is 18.7. The molecule has 8 heteroatoms. The van der Waals surface area contributed by atoms with Crippen LogP contribution in [0.3, 0.4) is 0 Å². The lowest BCUT2D eigenvalue weighted by atomic mass is 10.3. The number of anilines is 1. The molecule has 24 heavy (non-hydrogen) atoms. The molecule has 1 aromatic rings. The molecule has 2 atom stereocenters. The molecule has 2 amide bonds. The number of sulfonamides is 1. The van der Waals surface area contributed by atoms with E-state index in [2.05, 4.69) is 10.6 Å². The van der Waals surface area contributed by atoms with E-state index in [4.69, 9.17) is 4.74 Å². The highest BCUT2D eigenvalue weighted by molar-refractivity contribution is 7.89. The minimum absolute atomic E-state index is 0.133. The fraction of sp³-hybridized carbons (Fsp3) is 0.562. The lowest BCUT2D eigenvalue weighted by molar-refractivity contribution is -0.0440. The van der Waals surface area contributed by atoms with Crippen molar-refractivity contribution >= 4 is 21.7 Å². The Morgan fingerprint density at radius 3 is 2.33 bits per heavy atom. The van der Waals surface area contributed by atoms with Gasteiger partial charge in [-0.15, -0.1) is 0 Å². The minimum atomic E-state index is -3.56. The van der Waals surface area contributed by atoms with Crippen LogP contribution in [0.25, 0.3) is 0 Å². The smallest absolute Gasteiger partial charge is 0.319 e. The molecule has 1 aliphatic rings. The van der Waals surface area contributed by atoms with Crippen molar-refractivity contribution in [2.75, 3.05) is 25.0 Å². The molecule has 2 rings (SSSR count). The number of hydrogen-bond donors (Lipinski definition) is 2. The maximum absolute atomic E-state index is 12.7. The van der Waals surface area contributed by atoms with E-state index in [9.17, 15) is 13.2 Å². The lowest BCUT2D eigenvalue weighted by Crippen LogP contribution is -2.48. The molecule has 1 aromatic carbocycles. The third-order valence-electron chi connectivity index (χ3n) is 3.67. The Hall–Kier alpha value is -1.64. The van der Waals surface area contributed by atoms with Crippen LogP contribution in [0, 0.1) is 0 Å². The summed E-state index contributed by atoms with van der Waals surface area (Å²) in [6.07, 6.45) is 0.583. The molecular formula is C16H25N3O4S. The van der Waals surface area contributed by atoms with Crippen molar-refractivity contribution in [3.63, 3.8) is 0 Å². The van der Waals surface area contributed by atoms with Crippen LogP contribution in [0.2, 0.25) is 0 Å². The average Bonchev–Trinajstić information content (AvgIpc) is 2.52. The zero-order chi connectivity index (χ0) is 17.7. The van der Waals surface area contributed by atoms with E-state index in [0.717, 1.165) is 6.42 Å². The molecule has 0 radical (unpaired) electrons. The minimum Gasteiger partial charge on any atom is -0.373 e. The highest BCUT2D eigenvalue weighted by Crippen LogP contribution is 2.22. The van der Waals surface area contributed by atoms with Crippen molar-refractivity contribution < 1.29 is 17.9 Å². The van der Waals surface area contributed by atoms with Gasteiger partial charge in [0.05, 0.1) is 17.1 Å². The first-order valence-electron chi connectivity index (χ1n) is 8.13. The number of nitrogens with zero attached hydrogens (tertiary/aromatic N) is 1. The predicted octanol–water partition coefficient (Wildman–Crippen LogP) is 2.02. The van der Waals surface area contributed by atoms with Crippen LogP contribution < -0.4 is 10.6 Å². The Kier molecular flexibility index (Phi) is 6.20. The van der Waals surface area contributed by atoms with Gasteiger partial charge in [0, 0.05) is 25.3 Å². The van der Waals surface area contributed by atoms with E-state index in [1.54, 1.807) is 12.1 Å². The molecule has 0 saturated carbocycles. The topological polar surface area (TPSA) is 87.7 Å². The van der Waals surface area contributed by atoms with Crippen molar-refractivity contribution in [1.29, 1.82) is 0 Å². The van der Waals surface area contributed by atoms with E-state index in [1.807, 2.05) is 20.8 Å². The SMILES string of the molecule is CCCNC(=O)Nc1ccc(S(=O)(=O)N2CC(C)OC(C)C2)cc1. The first-order valence-corrected chi connectivity index (χ1v) is 9.57. The summed E-state index contributed by atoms with van der Waals surface area (Å²) in [4.78, 5) is 11.8. The standard InChI is InChI=1S/C16H25N3O4S/c1-4-9-17-16(20)18-14-5-7-15(8-6-14)24(21,22)19-10-12(2)23-13(3)11-19/h5-8,12-13H,4,9-11H2,1-3H3,(H2,17,18,20). The summed E-state index contributed by atoms with van der Waals surface area (Å²) in [7, 11) is -3.56. The number of nitrogens with one attached hydrogen (secondary N) is 2. The molecule has 0 aromatic heterocycles. The second-order valence-corrected chi connectivity index (χ2v) is 7.92. The maximum atomic E-state index is 12.7. The number of carbonyl (C=O) groups is 1. The third-order valence-corrected chi connectivity index (χ3v) is 5.52. The number of hydrogen-bond acceptors (Lipinski definition) is 4. The second-order valence-electron chi connectivity index (χ2n) is 5.98. The largest absolute Gasteiger partial charge is 0.373 e. The van der Waals surface area contributed by atoms with Crippen LogP contribution in [-0.2, 0) is 14.8 Å². The number of benzene rings is 1. The zero-order valence-electron chi connectivity index (χ0n) is 14.3. The lowest BCUT2D eigenvalue weighted by Gasteiger charge is -2.34. The van der Waals surface area contributed by atoms with Crippen LogP contribution in [0.1, 0.15) is 27.2 Å². The Labute approximate surface area is 143 Å². The molecule has 1 heterocycles. The number of amides is 2. The zero-order valence-corrected chi connectivity index (χ0v) is 15.1. The van der Waals surface area contributed by atoms with Gasteiger partial charge in [-0.2, -0.15) is 4.31 Å². The Morgan fingerprint density at radius 2 is 1.79 bits per heavy atom. The van der Waals surface area contributed by atoms with Crippen LogP contribution in [0.15, 0.2) is 29.2 Å². The van der Waals surface area contributed by atoms with Crippen molar-refractivity contribution in [1.82, 2.24) is 9.62 Å². The van der Waals surface area contributed by atoms with Gasteiger partial charge in [-0.05, 0) is 44.5 Å². The van der Waals surface area contributed by atoms with Gasteiger partial charge in [-0.3, -0.25) is 0 Å². The molecule has 0 spiro atoms. The summed E-state index contributed by atoms with van der Waals surface area (Å²) < 4.78 is 32.5. The Bertz CT molecular complexity index is 650. The van der Waals surface area contributed by atoms with Gasteiger partial charge in [0.25, 0.3) is 0 Å². The molecule has 1 fully saturated rings. The van der Waals surface area contributed by atoms with E-state index < -0.39 is 10.0 Å². The number of morpholine rings is 1. The molecule has 0 bridgehead atoms. The highest BCUT2D eigenvalue weighted by Gasteiger charge is 2.32.